The molecule has 2 aromatic heterocycles. The molecule has 2 aromatic rings. The summed E-state index contributed by atoms with van der Waals surface area (Å²) < 4.78 is 6.86. The quantitative estimate of drug-likeness (QED) is 0.781. The molecule has 0 saturated heterocycles. The van der Waals surface area contributed by atoms with Crippen molar-refractivity contribution < 1.29 is 9.84 Å². The minimum absolute atomic E-state index is 0.505. The number of aliphatic hydroxyl groups is 1. The predicted molar refractivity (Wildman–Crippen MR) is 61.3 cm³/mol. The fourth-order valence-corrected chi connectivity index (χ4v) is 1.68. The lowest BCUT2D eigenvalue weighted by Crippen LogP contribution is -2.00. The molecule has 0 fully saturated rings. The summed E-state index contributed by atoms with van der Waals surface area (Å²) in [5.74, 6) is 0. The summed E-state index contributed by atoms with van der Waals surface area (Å²) in [5, 5.41) is 9.92. The Labute approximate surface area is 94.5 Å². The summed E-state index contributed by atoms with van der Waals surface area (Å²) in [6.07, 6.45) is 4.80. The Morgan fingerprint density at radius 1 is 1.50 bits per heavy atom. The lowest BCUT2D eigenvalue weighted by atomic mass is 10.1. The van der Waals surface area contributed by atoms with Gasteiger partial charge in [0.15, 0.2) is 0 Å². The van der Waals surface area contributed by atoms with E-state index in [9.17, 15) is 5.11 Å². The van der Waals surface area contributed by atoms with Gasteiger partial charge in [0, 0.05) is 26.1 Å². The van der Waals surface area contributed by atoms with Gasteiger partial charge in [-0.25, -0.2) is 4.98 Å². The SMILES string of the molecule is COCCCC(O)c1cn2ccccc2n1. The van der Waals surface area contributed by atoms with Crippen LogP contribution in [-0.2, 0) is 4.74 Å². The van der Waals surface area contributed by atoms with Crippen molar-refractivity contribution in [3.63, 3.8) is 0 Å². The van der Waals surface area contributed by atoms with Crippen molar-refractivity contribution in [2.45, 2.75) is 18.9 Å². The first-order chi connectivity index (χ1) is 7.81. The zero-order valence-corrected chi connectivity index (χ0v) is 9.34. The standard InChI is InChI=1S/C12H16N2O2/c1-16-8-4-5-11(15)10-9-14-7-3-2-6-12(14)13-10/h2-3,6-7,9,11,15H,4-5,8H2,1H3. The highest BCUT2D eigenvalue weighted by Crippen LogP contribution is 2.17. The number of pyridine rings is 1. The maximum Gasteiger partial charge on any atom is 0.137 e. The van der Waals surface area contributed by atoms with Crippen molar-refractivity contribution in [1.29, 1.82) is 0 Å². The number of methoxy groups -OCH3 is 1. The highest BCUT2D eigenvalue weighted by atomic mass is 16.5. The van der Waals surface area contributed by atoms with Gasteiger partial charge in [0.05, 0.1) is 11.8 Å². The van der Waals surface area contributed by atoms with Crippen LogP contribution in [0.3, 0.4) is 0 Å². The molecule has 86 valence electrons. The minimum Gasteiger partial charge on any atom is -0.387 e. The molecule has 1 unspecified atom stereocenters. The summed E-state index contributed by atoms with van der Waals surface area (Å²) in [6, 6.07) is 5.80. The smallest absolute Gasteiger partial charge is 0.137 e. The number of nitrogens with zero attached hydrogens (tertiary/aromatic N) is 2. The molecule has 0 amide bonds. The molecule has 0 saturated carbocycles. The molecule has 0 aliphatic carbocycles. The Bertz CT molecular complexity index is 420. The third kappa shape index (κ3) is 2.40. The summed E-state index contributed by atoms with van der Waals surface area (Å²) in [5.41, 5.74) is 1.59. The molecule has 0 radical (unpaired) electrons. The van der Waals surface area contributed by atoms with Gasteiger partial charge in [-0.05, 0) is 25.0 Å². The molecule has 2 rings (SSSR count). The Morgan fingerprint density at radius 3 is 3.12 bits per heavy atom. The van der Waals surface area contributed by atoms with E-state index in [1.165, 1.54) is 0 Å². The first-order valence-corrected chi connectivity index (χ1v) is 5.42. The Balaban J connectivity index is 2.07. The summed E-state index contributed by atoms with van der Waals surface area (Å²) >= 11 is 0. The largest absolute Gasteiger partial charge is 0.387 e. The van der Waals surface area contributed by atoms with Crippen molar-refractivity contribution in [2.75, 3.05) is 13.7 Å². The van der Waals surface area contributed by atoms with Crippen molar-refractivity contribution in [1.82, 2.24) is 9.38 Å². The van der Waals surface area contributed by atoms with Crippen LogP contribution >= 0.6 is 0 Å². The first kappa shape index (κ1) is 11.1. The van der Waals surface area contributed by atoms with Gasteiger partial charge in [0.25, 0.3) is 0 Å². The fourth-order valence-electron chi connectivity index (χ4n) is 1.68. The number of fused-ring (bicyclic) bond motifs is 1. The van der Waals surface area contributed by atoms with Crippen molar-refractivity contribution in [3.05, 3.63) is 36.3 Å². The normalized spacial score (nSPS) is 13.1. The van der Waals surface area contributed by atoms with E-state index in [-0.39, 0.29) is 0 Å². The third-order valence-corrected chi connectivity index (χ3v) is 2.55. The van der Waals surface area contributed by atoms with Gasteiger partial charge in [-0.2, -0.15) is 0 Å². The second kappa shape index (κ2) is 5.09. The summed E-state index contributed by atoms with van der Waals surface area (Å²) in [6.45, 7) is 0.671. The number of rotatable bonds is 5. The van der Waals surface area contributed by atoms with Crippen LogP contribution in [0.2, 0.25) is 0 Å². The average molecular weight is 220 g/mol. The van der Waals surface area contributed by atoms with Crippen LogP contribution in [0.1, 0.15) is 24.6 Å². The van der Waals surface area contributed by atoms with Gasteiger partial charge < -0.3 is 14.2 Å². The van der Waals surface area contributed by atoms with Crippen LogP contribution in [0.25, 0.3) is 5.65 Å². The molecule has 0 spiro atoms. The van der Waals surface area contributed by atoms with Crippen molar-refractivity contribution in [3.8, 4) is 0 Å². The maximum atomic E-state index is 9.92. The molecule has 2 heterocycles. The Kier molecular flexibility index (Phi) is 3.54. The van der Waals surface area contributed by atoms with Gasteiger partial charge in [-0.15, -0.1) is 0 Å². The topological polar surface area (TPSA) is 46.8 Å². The van der Waals surface area contributed by atoms with E-state index in [2.05, 4.69) is 4.98 Å². The first-order valence-electron chi connectivity index (χ1n) is 5.42. The van der Waals surface area contributed by atoms with Crippen LogP contribution in [0.15, 0.2) is 30.6 Å². The summed E-state index contributed by atoms with van der Waals surface area (Å²) in [7, 11) is 1.66. The van der Waals surface area contributed by atoms with E-state index >= 15 is 0 Å². The van der Waals surface area contributed by atoms with E-state index in [4.69, 9.17) is 4.74 Å². The molecular weight excluding hydrogens is 204 g/mol. The molecular formula is C12H16N2O2. The molecule has 0 bridgehead atoms. The van der Waals surface area contributed by atoms with E-state index in [0.29, 0.717) is 13.0 Å². The number of aliphatic hydroxyl groups excluding tert-OH is 1. The predicted octanol–water partition coefficient (Wildman–Crippen LogP) is 1.79. The molecule has 16 heavy (non-hydrogen) atoms. The highest BCUT2D eigenvalue weighted by molar-refractivity contribution is 5.39. The van der Waals surface area contributed by atoms with Gasteiger partial charge in [-0.1, -0.05) is 6.07 Å². The van der Waals surface area contributed by atoms with Crippen LogP contribution in [-0.4, -0.2) is 28.2 Å². The van der Waals surface area contributed by atoms with E-state index in [1.807, 2.05) is 35.0 Å². The molecule has 1 atom stereocenters. The molecule has 0 aliphatic rings. The molecule has 4 heteroatoms. The zero-order valence-electron chi connectivity index (χ0n) is 9.34. The van der Waals surface area contributed by atoms with Crippen LogP contribution in [0, 0.1) is 0 Å². The number of imidazole rings is 1. The highest BCUT2D eigenvalue weighted by Gasteiger charge is 2.11. The van der Waals surface area contributed by atoms with E-state index in [0.717, 1.165) is 17.8 Å². The van der Waals surface area contributed by atoms with Gasteiger partial charge in [0.1, 0.15) is 5.65 Å². The van der Waals surface area contributed by atoms with Crippen molar-refractivity contribution >= 4 is 5.65 Å². The third-order valence-electron chi connectivity index (χ3n) is 2.55. The average Bonchev–Trinajstić information content (AvgIpc) is 2.73. The molecule has 0 aliphatic heterocycles. The van der Waals surface area contributed by atoms with Crippen LogP contribution < -0.4 is 0 Å². The number of hydrogen-bond donors (Lipinski definition) is 1. The Hall–Kier alpha value is -1.39. The van der Waals surface area contributed by atoms with Crippen LogP contribution in [0.5, 0.6) is 0 Å². The van der Waals surface area contributed by atoms with E-state index in [1.54, 1.807) is 7.11 Å². The lowest BCUT2D eigenvalue weighted by molar-refractivity contribution is 0.133. The second-order valence-electron chi connectivity index (χ2n) is 3.78. The molecule has 4 nitrogen and oxygen atoms in total. The number of aromatic nitrogens is 2. The fraction of sp³-hybridized carbons (Fsp3) is 0.417. The monoisotopic (exact) mass is 220 g/mol. The number of ether oxygens (including phenoxy) is 1. The van der Waals surface area contributed by atoms with Gasteiger partial charge in [0.2, 0.25) is 0 Å². The minimum atomic E-state index is -0.505. The van der Waals surface area contributed by atoms with Crippen molar-refractivity contribution in [2.24, 2.45) is 0 Å². The molecule has 1 N–H and O–H groups in total. The molecule has 0 aromatic carbocycles. The Morgan fingerprint density at radius 2 is 2.38 bits per heavy atom. The van der Waals surface area contributed by atoms with Crippen LogP contribution in [0.4, 0.5) is 0 Å². The second-order valence-corrected chi connectivity index (χ2v) is 3.78. The lowest BCUT2D eigenvalue weighted by Gasteiger charge is -2.06. The van der Waals surface area contributed by atoms with Gasteiger partial charge in [-0.3, -0.25) is 0 Å². The zero-order chi connectivity index (χ0) is 11.4. The van der Waals surface area contributed by atoms with Gasteiger partial charge >= 0.3 is 0 Å². The van der Waals surface area contributed by atoms with E-state index < -0.39 is 6.10 Å². The summed E-state index contributed by atoms with van der Waals surface area (Å²) in [4.78, 5) is 4.36. The maximum absolute atomic E-state index is 9.92. The number of hydrogen-bond acceptors (Lipinski definition) is 3.